The van der Waals surface area contributed by atoms with E-state index in [1.807, 2.05) is 4.90 Å². The predicted molar refractivity (Wildman–Crippen MR) is 75.3 cm³/mol. The van der Waals surface area contributed by atoms with Crippen LogP contribution < -0.4 is 4.90 Å². The Kier molecular flexibility index (Phi) is 3.07. The number of carboxylic acid groups (broad SMARTS) is 1. The number of carbonyl (C=O) groups is 1. The largest absolute Gasteiger partial charge is 0.481 e. The van der Waals surface area contributed by atoms with E-state index < -0.39 is 16.3 Å². The molecule has 2 heterocycles. The molecule has 0 bridgehead atoms. The highest BCUT2D eigenvalue weighted by Gasteiger charge is 2.55. The Bertz CT molecular complexity index is 618. The highest BCUT2D eigenvalue weighted by molar-refractivity contribution is 5.77. The first-order valence-electron chi connectivity index (χ1n) is 7.04. The smallest absolute Gasteiger partial charge is 0.311 e. The van der Waals surface area contributed by atoms with Crippen LogP contribution in [0, 0.1) is 28.4 Å². The Morgan fingerprint density at radius 3 is 2.90 bits per heavy atom. The number of anilines is 1. The van der Waals surface area contributed by atoms with Crippen molar-refractivity contribution >= 4 is 17.5 Å². The summed E-state index contributed by atoms with van der Waals surface area (Å²) >= 11 is 0. The van der Waals surface area contributed by atoms with Gasteiger partial charge in [0.15, 0.2) is 0 Å². The Morgan fingerprint density at radius 1 is 1.57 bits per heavy atom. The molecule has 7 nitrogen and oxygen atoms in total. The van der Waals surface area contributed by atoms with Gasteiger partial charge in [-0.3, -0.25) is 14.9 Å². The molecule has 0 radical (unpaired) electrons. The minimum atomic E-state index is -0.730. The average Bonchev–Trinajstić information content (AvgIpc) is 2.95. The van der Waals surface area contributed by atoms with Gasteiger partial charge in [-0.25, -0.2) is 4.98 Å². The number of nitrogens with zero attached hydrogens (tertiary/aromatic N) is 3. The van der Waals surface area contributed by atoms with E-state index in [9.17, 15) is 20.0 Å². The lowest BCUT2D eigenvalue weighted by atomic mass is 9.81. The van der Waals surface area contributed by atoms with E-state index >= 15 is 0 Å². The number of aromatic nitrogens is 1. The van der Waals surface area contributed by atoms with Gasteiger partial charge in [-0.1, -0.05) is 6.42 Å². The van der Waals surface area contributed by atoms with Gasteiger partial charge in [0.25, 0.3) is 5.69 Å². The maximum absolute atomic E-state index is 11.7. The van der Waals surface area contributed by atoms with Crippen LogP contribution in [0.25, 0.3) is 0 Å². The lowest BCUT2D eigenvalue weighted by Gasteiger charge is -2.23. The van der Waals surface area contributed by atoms with Crippen LogP contribution in [0.4, 0.5) is 11.5 Å². The molecule has 1 aromatic rings. The third-order valence-corrected chi connectivity index (χ3v) is 4.86. The third kappa shape index (κ3) is 2.03. The van der Waals surface area contributed by atoms with E-state index in [0.29, 0.717) is 31.0 Å². The molecule has 3 rings (SSSR count). The van der Waals surface area contributed by atoms with Gasteiger partial charge >= 0.3 is 5.97 Å². The molecule has 1 saturated heterocycles. The van der Waals surface area contributed by atoms with Gasteiger partial charge in [0.1, 0.15) is 11.5 Å². The number of rotatable bonds is 3. The number of pyridine rings is 1. The predicted octanol–water partition coefficient (Wildman–Crippen LogP) is 1.99. The monoisotopic (exact) mass is 291 g/mol. The second-order valence-corrected chi connectivity index (χ2v) is 5.96. The number of carboxylic acids is 1. The summed E-state index contributed by atoms with van der Waals surface area (Å²) in [7, 11) is 0. The third-order valence-electron chi connectivity index (χ3n) is 4.86. The van der Waals surface area contributed by atoms with E-state index in [-0.39, 0.29) is 11.6 Å². The van der Waals surface area contributed by atoms with Gasteiger partial charge in [-0.05, 0) is 31.7 Å². The van der Waals surface area contributed by atoms with Gasteiger partial charge in [-0.15, -0.1) is 0 Å². The molecule has 0 amide bonds. The van der Waals surface area contributed by atoms with Gasteiger partial charge in [0.2, 0.25) is 0 Å². The summed E-state index contributed by atoms with van der Waals surface area (Å²) < 4.78 is 0. The summed E-state index contributed by atoms with van der Waals surface area (Å²) in [6, 6.07) is 3.06. The SMILES string of the molecule is Cc1nc(N2C[C@@H]3CCC[C@@]3(C(=O)O)C2)ccc1[N+](=O)[O-]. The van der Waals surface area contributed by atoms with Crippen LogP contribution in [0.5, 0.6) is 0 Å². The Hall–Kier alpha value is -2.18. The van der Waals surface area contributed by atoms with Crippen molar-refractivity contribution in [3.05, 3.63) is 27.9 Å². The first-order chi connectivity index (χ1) is 9.94. The lowest BCUT2D eigenvalue weighted by Crippen LogP contribution is -2.35. The van der Waals surface area contributed by atoms with Crippen molar-refractivity contribution in [3.8, 4) is 0 Å². The average molecular weight is 291 g/mol. The first-order valence-corrected chi connectivity index (χ1v) is 7.04. The fourth-order valence-electron chi connectivity index (χ4n) is 3.72. The van der Waals surface area contributed by atoms with E-state index in [4.69, 9.17) is 0 Å². The fourth-order valence-corrected chi connectivity index (χ4v) is 3.72. The van der Waals surface area contributed by atoms with Crippen LogP contribution in [-0.4, -0.2) is 34.1 Å². The molecule has 1 saturated carbocycles. The normalized spacial score (nSPS) is 27.7. The Balaban J connectivity index is 1.88. The summed E-state index contributed by atoms with van der Waals surface area (Å²) in [6.45, 7) is 2.71. The van der Waals surface area contributed by atoms with Gasteiger partial charge in [-0.2, -0.15) is 0 Å². The van der Waals surface area contributed by atoms with E-state index in [1.165, 1.54) is 6.07 Å². The van der Waals surface area contributed by atoms with Crippen LogP contribution in [0.15, 0.2) is 12.1 Å². The molecule has 0 spiro atoms. The van der Waals surface area contributed by atoms with E-state index in [2.05, 4.69) is 4.98 Å². The minimum Gasteiger partial charge on any atom is -0.481 e. The molecule has 1 aliphatic heterocycles. The van der Waals surface area contributed by atoms with Crippen molar-refractivity contribution in [3.63, 3.8) is 0 Å². The molecule has 7 heteroatoms. The number of nitro groups is 1. The zero-order chi connectivity index (χ0) is 15.2. The standard InChI is InChI=1S/C14H17N3O4/c1-9-11(17(20)21)4-5-12(15-9)16-7-10-3-2-6-14(10,8-16)13(18)19/h4-5,10H,2-3,6-8H2,1H3,(H,18,19)/t10-,14+/m0/s1. The molecular weight excluding hydrogens is 274 g/mol. The van der Waals surface area contributed by atoms with Crippen LogP contribution >= 0.6 is 0 Å². The highest BCUT2D eigenvalue weighted by Crippen LogP contribution is 2.49. The van der Waals surface area contributed by atoms with Crippen molar-refractivity contribution in [1.29, 1.82) is 0 Å². The van der Waals surface area contributed by atoms with Gasteiger partial charge < -0.3 is 10.0 Å². The van der Waals surface area contributed by atoms with Gasteiger partial charge in [0, 0.05) is 19.2 Å². The second kappa shape index (κ2) is 4.68. The molecule has 1 N–H and O–H groups in total. The summed E-state index contributed by atoms with van der Waals surface area (Å²) in [5.41, 5.74) is -0.317. The summed E-state index contributed by atoms with van der Waals surface area (Å²) in [5, 5.41) is 20.4. The fraction of sp³-hybridized carbons (Fsp3) is 0.571. The topological polar surface area (TPSA) is 96.6 Å². The Labute approximate surface area is 121 Å². The molecule has 0 aromatic carbocycles. The molecule has 2 fully saturated rings. The number of fused-ring (bicyclic) bond motifs is 1. The molecule has 112 valence electrons. The second-order valence-electron chi connectivity index (χ2n) is 5.96. The zero-order valence-electron chi connectivity index (χ0n) is 11.8. The summed E-state index contributed by atoms with van der Waals surface area (Å²) in [4.78, 5) is 28.3. The maximum atomic E-state index is 11.7. The quantitative estimate of drug-likeness (QED) is 0.675. The van der Waals surface area contributed by atoms with Crippen molar-refractivity contribution in [1.82, 2.24) is 4.98 Å². The number of hydrogen-bond donors (Lipinski definition) is 1. The van der Waals surface area contributed by atoms with E-state index in [1.54, 1.807) is 13.0 Å². The van der Waals surface area contributed by atoms with Gasteiger partial charge in [0.05, 0.1) is 10.3 Å². The lowest BCUT2D eigenvalue weighted by molar-refractivity contribution is -0.385. The molecule has 2 aliphatic rings. The van der Waals surface area contributed by atoms with Crippen LogP contribution in [0.2, 0.25) is 0 Å². The molecule has 2 atom stereocenters. The molecule has 21 heavy (non-hydrogen) atoms. The highest BCUT2D eigenvalue weighted by atomic mass is 16.6. The maximum Gasteiger partial charge on any atom is 0.311 e. The van der Waals surface area contributed by atoms with Crippen LogP contribution in [0.1, 0.15) is 25.0 Å². The zero-order valence-corrected chi connectivity index (χ0v) is 11.8. The van der Waals surface area contributed by atoms with Crippen molar-refractivity contribution in [2.75, 3.05) is 18.0 Å². The van der Waals surface area contributed by atoms with Crippen LogP contribution in [-0.2, 0) is 4.79 Å². The molecule has 1 aromatic heterocycles. The molecule has 1 aliphatic carbocycles. The summed E-state index contributed by atoms with van der Waals surface area (Å²) in [6.07, 6.45) is 2.59. The minimum absolute atomic E-state index is 0.00825. The van der Waals surface area contributed by atoms with Crippen LogP contribution in [0.3, 0.4) is 0 Å². The number of aliphatic carboxylic acids is 1. The number of hydrogen-bond acceptors (Lipinski definition) is 5. The Morgan fingerprint density at radius 2 is 2.33 bits per heavy atom. The van der Waals surface area contributed by atoms with Crippen molar-refractivity contribution in [2.45, 2.75) is 26.2 Å². The van der Waals surface area contributed by atoms with E-state index in [0.717, 1.165) is 12.8 Å². The van der Waals surface area contributed by atoms with Crippen molar-refractivity contribution < 1.29 is 14.8 Å². The molecule has 0 unspecified atom stereocenters. The first kappa shape index (κ1) is 13.8. The number of aryl methyl sites for hydroxylation is 1. The summed E-state index contributed by atoms with van der Waals surface area (Å²) in [5.74, 6) is 0.0477. The van der Waals surface area contributed by atoms with Crippen molar-refractivity contribution in [2.24, 2.45) is 11.3 Å². The molecular formula is C14H17N3O4.